The van der Waals surface area contributed by atoms with Gasteiger partial charge in [0.15, 0.2) is 0 Å². The molecule has 0 N–H and O–H groups in total. The van der Waals surface area contributed by atoms with Crippen molar-refractivity contribution in [2.45, 2.75) is 78.1 Å². The van der Waals surface area contributed by atoms with Crippen LogP contribution in [0.3, 0.4) is 0 Å². The van der Waals surface area contributed by atoms with Crippen molar-refractivity contribution in [1.82, 2.24) is 4.90 Å². The molecule has 0 aromatic heterocycles. The van der Waals surface area contributed by atoms with Crippen LogP contribution in [0.4, 0.5) is 0 Å². The fraction of sp³-hybridized carbons (Fsp3) is 0.938. The van der Waals surface area contributed by atoms with Crippen LogP contribution in [-0.2, 0) is 0 Å². The van der Waals surface area contributed by atoms with Crippen LogP contribution < -0.4 is 0 Å². The minimum atomic E-state index is 1.11. The third-order valence-corrected chi connectivity index (χ3v) is 3.38. The fourth-order valence-corrected chi connectivity index (χ4v) is 2.14. The molecule has 0 aromatic carbocycles. The first-order valence-electron chi connectivity index (χ1n) is 7.86. The Bertz CT molecular complexity index is 125. The van der Waals surface area contributed by atoms with Gasteiger partial charge in [-0.2, -0.15) is 0 Å². The number of rotatable bonds is 13. The maximum atomic E-state index is 3.89. The first-order valence-corrected chi connectivity index (χ1v) is 7.86. The van der Waals surface area contributed by atoms with Gasteiger partial charge in [0.25, 0.3) is 0 Å². The predicted octanol–water partition coefficient (Wildman–Crippen LogP) is 5.06. The Morgan fingerprint density at radius 3 is 1.65 bits per heavy atom. The van der Waals surface area contributed by atoms with E-state index in [0.717, 1.165) is 6.42 Å². The summed E-state index contributed by atoms with van der Waals surface area (Å²) < 4.78 is 0. The second kappa shape index (κ2) is 14.0. The molecule has 0 saturated carbocycles. The summed E-state index contributed by atoms with van der Waals surface area (Å²) in [5.41, 5.74) is 0. The minimum absolute atomic E-state index is 1.11. The Morgan fingerprint density at radius 1 is 0.647 bits per heavy atom. The number of nitrogens with zero attached hydrogens (tertiary/aromatic N) is 1. The van der Waals surface area contributed by atoms with Crippen molar-refractivity contribution in [1.29, 1.82) is 0 Å². The van der Waals surface area contributed by atoms with E-state index in [0.29, 0.717) is 0 Å². The first kappa shape index (κ1) is 17.0. The SMILES string of the molecule is [CH2]CCCCCCCN(CCCC)CCCC. The van der Waals surface area contributed by atoms with E-state index in [4.69, 9.17) is 0 Å². The molecule has 0 unspecified atom stereocenters. The summed E-state index contributed by atoms with van der Waals surface area (Å²) >= 11 is 0. The van der Waals surface area contributed by atoms with Crippen LogP contribution in [0, 0.1) is 6.92 Å². The topological polar surface area (TPSA) is 3.24 Å². The molecule has 0 aliphatic carbocycles. The highest BCUT2D eigenvalue weighted by atomic mass is 15.1. The Morgan fingerprint density at radius 2 is 1.12 bits per heavy atom. The summed E-state index contributed by atoms with van der Waals surface area (Å²) in [7, 11) is 0. The van der Waals surface area contributed by atoms with E-state index in [1.54, 1.807) is 0 Å². The molecule has 0 atom stereocenters. The average molecular weight is 240 g/mol. The summed E-state index contributed by atoms with van der Waals surface area (Å²) in [6, 6.07) is 0. The summed E-state index contributed by atoms with van der Waals surface area (Å²) in [5.74, 6) is 0. The molecule has 0 rings (SSSR count). The zero-order valence-electron chi connectivity index (χ0n) is 12.3. The Labute approximate surface area is 110 Å². The first-order chi connectivity index (χ1) is 8.35. The van der Waals surface area contributed by atoms with Crippen molar-refractivity contribution in [3.8, 4) is 0 Å². The normalized spacial score (nSPS) is 11.3. The zero-order valence-corrected chi connectivity index (χ0v) is 12.3. The monoisotopic (exact) mass is 240 g/mol. The van der Waals surface area contributed by atoms with Gasteiger partial charge in [-0.05, 0) is 38.9 Å². The number of unbranched alkanes of at least 4 members (excludes halogenated alkanes) is 7. The quantitative estimate of drug-likeness (QED) is 0.407. The number of hydrogen-bond donors (Lipinski definition) is 0. The van der Waals surface area contributed by atoms with E-state index in [2.05, 4.69) is 25.7 Å². The molecule has 0 fully saturated rings. The zero-order chi connectivity index (χ0) is 12.8. The minimum Gasteiger partial charge on any atom is -0.303 e. The predicted molar refractivity (Wildman–Crippen MR) is 79.3 cm³/mol. The van der Waals surface area contributed by atoms with Crippen molar-refractivity contribution >= 4 is 0 Å². The number of hydrogen-bond acceptors (Lipinski definition) is 1. The Hall–Kier alpha value is -0.0400. The molecular formula is C16H34N. The van der Waals surface area contributed by atoms with E-state index < -0.39 is 0 Å². The van der Waals surface area contributed by atoms with Gasteiger partial charge < -0.3 is 4.90 Å². The highest BCUT2D eigenvalue weighted by molar-refractivity contribution is 4.58. The fourth-order valence-electron chi connectivity index (χ4n) is 2.14. The second-order valence-corrected chi connectivity index (χ2v) is 5.17. The molecule has 0 amide bonds. The van der Waals surface area contributed by atoms with Gasteiger partial charge in [-0.15, -0.1) is 0 Å². The van der Waals surface area contributed by atoms with Crippen LogP contribution in [0.5, 0.6) is 0 Å². The maximum Gasteiger partial charge on any atom is -0.00187 e. The third kappa shape index (κ3) is 12.2. The summed E-state index contributed by atoms with van der Waals surface area (Å²) in [6.45, 7) is 12.4. The molecule has 0 saturated heterocycles. The highest BCUT2D eigenvalue weighted by Crippen LogP contribution is 2.07. The molecule has 103 valence electrons. The van der Waals surface area contributed by atoms with Gasteiger partial charge in [-0.25, -0.2) is 0 Å². The summed E-state index contributed by atoms with van der Waals surface area (Å²) in [4.78, 5) is 2.67. The van der Waals surface area contributed by atoms with Crippen LogP contribution in [0.2, 0.25) is 0 Å². The third-order valence-electron chi connectivity index (χ3n) is 3.38. The van der Waals surface area contributed by atoms with E-state index in [1.807, 2.05) is 0 Å². The van der Waals surface area contributed by atoms with E-state index >= 15 is 0 Å². The average Bonchev–Trinajstić information content (AvgIpc) is 2.35. The van der Waals surface area contributed by atoms with Crippen LogP contribution in [0.15, 0.2) is 0 Å². The summed E-state index contributed by atoms with van der Waals surface area (Å²) in [6.07, 6.45) is 13.4. The lowest BCUT2D eigenvalue weighted by Gasteiger charge is -2.21. The van der Waals surface area contributed by atoms with E-state index in [1.165, 1.54) is 77.4 Å². The molecule has 0 heterocycles. The molecule has 1 radical (unpaired) electrons. The lowest BCUT2D eigenvalue weighted by molar-refractivity contribution is 0.259. The van der Waals surface area contributed by atoms with Gasteiger partial charge in [0, 0.05) is 0 Å². The van der Waals surface area contributed by atoms with Gasteiger partial charge in [0.1, 0.15) is 0 Å². The molecule has 1 heteroatoms. The molecule has 1 nitrogen and oxygen atoms in total. The van der Waals surface area contributed by atoms with Crippen molar-refractivity contribution in [2.24, 2.45) is 0 Å². The Balaban J connectivity index is 3.45. The molecule has 0 aromatic rings. The summed E-state index contributed by atoms with van der Waals surface area (Å²) in [5, 5.41) is 0. The van der Waals surface area contributed by atoms with Crippen LogP contribution in [0.1, 0.15) is 78.1 Å². The van der Waals surface area contributed by atoms with Gasteiger partial charge in [-0.3, -0.25) is 0 Å². The van der Waals surface area contributed by atoms with Crippen molar-refractivity contribution in [2.75, 3.05) is 19.6 Å². The van der Waals surface area contributed by atoms with Gasteiger partial charge in [-0.1, -0.05) is 65.7 Å². The molecule has 0 spiro atoms. The highest BCUT2D eigenvalue weighted by Gasteiger charge is 2.03. The van der Waals surface area contributed by atoms with Gasteiger partial charge in [0.2, 0.25) is 0 Å². The molecule has 0 aliphatic rings. The maximum absolute atomic E-state index is 3.89. The molecule has 17 heavy (non-hydrogen) atoms. The van der Waals surface area contributed by atoms with Crippen molar-refractivity contribution in [3.05, 3.63) is 6.92 Å². The molecule has 0 aliphatic heterocycles. The lowest BCUT2D eigenvalue weighted by atomic mass is 10.1. The lowest BCUT2D eigenvalue weighted by Crippen LogP contribution is -2.27. The molecular weight excluding hydrogens is 206 g/mol. The van der Waals surface area contributed by atoms with E-state index in [9.17, 15) is 0 Å². The van der Waals surface area contributed by atoms with Gasteiger partial charge >= 0.3 is 0 Å². The van der Waals surface area contributed by atoms with Gasteiger partial charge in [0.05, 0.1) is 0 Å². The Kier molecular flexibility index (Phi) is 14.0. The van der Waals surface area contributed by atoms with Crippen molar-refractivity contribution < 1.29 is 0 Å². The second-order valence-electron chi connectivity index (χ2n) is 5.17. The van der Waals surface area contributed by atoms with Crippen molar-refractivity contribution in [3.63, 3.8) is 0 Å². The van der Waals surface area contributed by atoms with Crippen LogP contribution >= 0.6 is 0 Å². The van der Waals surface area contributed by atoms with Crippen LogP contribution in [-0.4, -0.2) is 24.5 Å². The molecule has 0 bridgehead atoms. The smallest absolute Gasteiger partial charge is 0.00187 e. The largest absolute Gasteiger partial charge is 0.303 e. The standard InChI is InChI=1S/C16H34N/c1-4-7-10-11-12-13-16-17(14-8-5-2)15-9-6-3/h1,4-16H2,2-3H3. The van der Waals surface area contributed by atoms with Crippen LogP contribution in [0.25, 0.3) is 0 Å². The van der Waals surface area contributed by atoms with E-state index in [-0.39, 0.29) is 0 Å².